The maximum absolute atomic E-state index is 11.8. The molecule has 1 heteroatoms. The summed E-state index contributed by atoms with van der Waals surface area (Å²) in [6.07, 6.45) is 7.49. The molecule has 2 aliphatic carbocycles. The van der Waals surface area contributed by atoms with E-state index in [0.29, 0.717) is 17.8 Å². The van der Waals surface area contributed by atoms with Crippen molar-refractivity contribution in [2.45, 2.75) is 53.9 Å². The Bertz CT molecular complexity index is 357. The smallest absolute Gasteiger partial charge is 0.123 e. The minimum atomic E-state index is 0.252. The molecule has 0 amide bonds. The van der Waals surface area contributed by atoms with Crippen LogP contribution in [0.1, 0.15) is 53.9 Å². The number of hydrogen-bond donors (Lipinski definition) is 0. The molecular formula is C18H30O. The summed E-state index contributed by atoms with van der Waals surface area (Å²) in [6, 6.07) is 0. The lowest BCUT2D eigenvalue weighted by Gasteiger charge is -2.52. The normalized spacial score (nSPS) is 47.6. The van der Waals surface area contributed by atoms with E-state index in [4.69, 9.17) is 0 Å². The molecule has 0 bridgehead atoms. The monoisotopic (exact) mass is 262 g/mol. The number of rotatable bonds is 2. The Balaban J connectivity index is 2.34. The minimum Gasteiger partial charge on any atom is -0.303 e. The van der Waals surface area contributed by atoms with Crippen LogP contribution in [0.25, 0.3) is 0 Å². The highest BCUT2D eigenvalue weighted by Gasteiger charge is 2.48. The van der Waals surface area contributed by atoms with E-state index in [1.54, 1.807) is 0 Å². The van der Waals surface area contributed by atoms with Gasteiger partial charge in [-0.05, 0) is 55.8 Å². The topological polar surface area (TPSA) is 17.1 Å². The van der Waals surface area contributed by atoms with E-state index in [1.165, 1.54) is 31.1 Å². The fraction of sp³-hybridized carbons (Fsp3) is 0.833. The molecule has 0 N–H and O–H groups in total. The van der Waals surface area contributed by atoms with E-state index in [0.717, 1.165) is 17.8 Å². The summed E-state index contributed by atoms with van der Waals surface area (Å²) >= 11 is 0. The van der Waals surface area contributed by atoms with Crippen LogP contribution in [-0.2, 0) is 4.79 Å². The number of carbonyl (C=O) groups is 1. The number of carbonyl (C=O) groups excluding carboxylic acids is 1. The van der Waals surface area contributed by atoms with Gasteiger partial charge in [-0.25, -0.2) is 0 Å². The van der Waals surface area contributed by atoms with E-state index in [-0.39, 0.29) is 5.92 Å². The Labute approximate surface area is 118 Å². The van der Waals surface area contributed by atoms with Gasteiger partial charge in [-0.3, -0.25) is 0 Å². The Morgan fingerprint density at radius 2 is 1.68 bits per heavy atom. The highest BCUT2D eigenvalue weighted by Crippen LogP contribution is 2.53. The van der Waals surface area contributed by atoms with Gasteiger partial charge in [-0.1, -0.05) is 45.3 Å². The SMILES string of the molecule is C/C=C(/C)C1[C@@H](C=O)[C@H]2[C@@H](C[C@@H]1C)[C@@H](C)CC[C@@H]2C. The quantitative estimate of drug-likeness (QED) is 0.520. The average molecular weight is 262 g/mol. The van der Waals surface area contributed by atoms with Gasteiger partial charge in [0.25, 0.3) is 0 Å². The Kier molecular flexibility index (Phi) is 4.53. The van der Waals surface area contributed by atoms with Crippen LogP contribution in [0.2, 0.25) is 0 Å². The minimum absolute atomic E-state index is 0.252. The van der Waals surface area contributed by atoms with Crippen LogP contribution in [0, 0.1) is 41.4 Å². The lowest BCUT2D eigenvalue weighted by Crippen LogP contribution is -2.47. The molecule has 0 heterocycles. The molecule has 0 saturated heterocycles. The van der Waals surface area contributed by atoms with Crippen molar-refractivity contribution in [3.63, 3.8) is 0 Å². The Hall–Kier alpha value is -0.590. The lowest BCUT2D eigenvalue weighted by molar-refractivity contribution is -0.122. The first-order valence-electron chi connectivity index (χ1n) is 8.09. The van der Waals surface area contributed by atoms with Gasteiger partial charge >= 0.3 is 0 Å². The molecule has 7 atom stereocenters. The largest absolute Gasteiger partial charge is 0.303 e. The third kappa shape index (κ3) is 2.53. The lowest BCUT2D eigenvalue weighted by atomic mass is 9.52. The predicted octanol–water partition coefficient (Wildman–Crippen LogP) is 4.72. The summed E-state index contributed by atoms with van der Waals surface area (Å²) in [6.45, 7) is 11.5. The fourth-order valence-corrected chi connectivity index (χ4v) is 5.10. The molecule has 2 saturated carbocycles. The van der Waals surface area contributed by atoms with Crippen molar-refractivity contribution in [3.05, 3.63) is 11.6 Å². The summed E-state index contributed by atoms with van der Waals surface area (Å²) in [5, 5.41) is 0. The maximum atomic E-state index is 11.8. The Morgan fingerprint density at radius 3 is 2.26 bits per heavy atom. The molecule has 0 aromatic heterocycles. The van der Waals surface area contributed by atoms with Crippen molar-refractivity contribution in [2.75, 3.05) is 0 Å². The van der Waals surface area contributed by atoms with Crippen molar-refractivity contribution >= 4 is 6.29 Å². The zero-order valence-electron chi connectivity index (χ0n) is 13.2. The van der Waals surface area contributed by atoms with E-state index >= 15 is 0 Å². The van der Waals surface area contributed by atoms with Crippen molar-refractivity contribution in [1.82, 2.24) is 0 Å². The number of allylic oxidation sites excluding steroid dienone is 2. The first kappa shape index (κ1) is 14.8. The molecule has 19 heavy (non-hydrogen) atoms. The van der Waals surface area contributed by atoms with Gasteiger partial charge < -0.3 is 4.79 Å². The standard InChI is InChI=1S/C18H30O/c1-6-11(2)17-14(5)9-15-12(3)7-8-13(4)18(15)16(17)10-19/h6,10,12-18H,7-9H2,1-5H3/b11-6-/t12-,13-,14-,15-,16+,17?,18+/m0/s1. The van der Waals surface area contributed by atoms with Gasteiger partial charge in [0.1, 0.15) is 6.29 Å². The summed E-state index contributed by atoms with van der Waals surface area (Å²) in [5.41, 5.74) is 1.42. The first-order chi connectivity index (χ1) is 9.01. The van der Waals surface area contributed by atoms with Crippen LogP contribution in [0.3, 0.4) is 0 Å². The van der Waals surface area contributed by atoms with Crippen LogP contribution in [0.15, 0.2) is 11.6 Å². The molecule has 1 nitrogen and oxygen atoms in total. The summed E-state index contributed by atoms with van der Waals surface area (Å²) in [4.78, 5) is 11.8. The maximum Gasteiger partial charge on any atom is 0.123 e. The third-order valence-electron chi connectivity index (χ3n) is 6.21. The zero-order chi connectivity index (χ0) is 14.2. The van der Waals surface area contributed by atoms with Crippen molar-refractivity contribution in [1.29, 1.82) is 0 Å². The predicted molar refractivity (Wildman–Crippen MR) is 80.8 cm³/mol. The second kappa shape index (κ2) is 5.81. The Morgan fingerprint density at radius 1 is 1.05 bits per heavy atom. The number of aldehydes is 1. The molecule has 0 aliphatic heterocycles. The number of fused-ring (bicyclic) bond motifs is 1. The first-order valence-corrected chi connectivity index (χ1v) is 8.09. The molecule has 0 aromatic rings. The van der Waals surface area contributed by atoms with Gasteiger partial charge in [-0.2, -0.15) is 0 Å². The van der Waals surface area contributed by atoms with Gasteiger partial charge in [0.2, 0.25) is 0 Å². The van der Waals surface area contributed by atoms with E-state index in [2.05, 4.69) is 40.7 Å². The molecule has 0 radical (unpaired) electrons. The molecule has 0 spiro atoms. The zero-order valence-corrected chi connectivity index (χ0v) is 13.2. The van der Waals surface area contributed by atoms with Crippen LogP contribution in [0.5, 0.6) is 0 Å². The van der Waals surface area contributed by atoms with Gasteiger partial charge in [0.15, 0.2) is 0 Å². The highest BCUT2D eigenvalue weighted by atomic mass is 16.1. The van der Waals surface area contributed by atoms with Crippen LogP contribution in [0.4, 0.5) is 0 Å². The number of hydrogen-bond acceptors (Lipinski definition) is 1. The average Bonchev–Trinajstić information content (AvgIpc) is 2.40. The fourth-order valence-electron chi connectivity index (χ4n) is 5.10. The summed E-state index contributed by atoms with van der Waals surface area (Å²) in [5.74, 6) is 4.31. The van der Waals surface area contributed by atoms with Crippen molar-refractivity contribution < 1.29 is 4.79 Å². The molecule has 0 aromatic carbocycles. The highest BCUT2D eigenvalue weighted by molar-refractivity contribution is 5.56. The van der Waals surface area contributed by atoms with Gasteiger partial charge in [0, 0.05) is 5.92 Å². The summed E-state index contributed by atoms with van der Waals surface area (Å²) in [7, 11) is 0. The molecule has 2 rings (SSSR count). The van der Waals surface area contributed by atoms with Crippen LogP contribution >= 0.6 is 0 Å². The van der Waals surface area contributed by atoms with E-state index < -0.39 is 0 Å². The second-order valence-electron chi connectivity index (χ2n) is 7.26. The van der Waals surface area contributed by atoms with E-state index in [9.17, 15) is 4.79 Å². The van der Waals surface area contributed by atoms with Gasteiger partial charge in [0.05, 0.1) is 0 Å². The van der Waals surface area contributed by atoms with Crippen LogP contribution in [-0.4, -0.2) is 6.29 Å². The molecule has 2 fully saturated rings. The van der Waals surface area contributed by atoms with Crippen LogP contribution < -0.4 is 0 Å². The molecular weight excluding hydrogens is 232 g/mol. The molecule has 2 aliphatic rings. The van der Waals surface area contributed by atoms with Gasteiger partial charge in [-0.15, -0.1) is 0 Å². The van der Waals surface area contributed by atoms with Crippen molar-refractivity contribution in [2.24, 2.45) is 41.4 Å². The summed E-state index contributed by atoms with van der Waals surface area (Å²) < 4.78 is 0. The molecule has 1 unspecified atom stereocenters. The third-order valence-corrected chi connectivity index (χ3v) is 6.21. The second-order valence-corrected chi connectivity index (χ2v) is 7.26. The van der Waals surface area contributed by atoms with Crippen molar-refractivity contribution in [3.8, 4) is 0 Å². The van der Waals surface area contributed by atoms with E-state index in [1.807, 2.05) is 0 Å². The molecule has 108 valence electrons.